The predicted molar refractivity (Wildman–Crippen MR) is 66.6 cm³/mol. The maximum atomic E-state index is 9.10. The lowest BCUT2D eigenvalue weighted by Gasteiger charge is -2.00. The van der Waals surface area contributed by atoms with Gasteiger partial charge in [0, 0.05) is 19.5 Å². The minimum absolute atomic E-state index is 0.541. The van der Waals surface area contributed by atoms with Gasteiger partial charge in [-0.05, 0) is 38.8 Å². The molecule has 0 aliphatic heterocycles. The lowest BCUT2D eigenvalue weighted by Crippen LogP contribution is -2.28. The van der Waals surface area contributed by atoms with Crippen LogP contribution in [0.25, 0.3) is 10.1 Å². The second-order valence-corrected chi connectivity index (χ2v) is 5.11. The molecule has 0 fully saturated rings. The summed E-state index contributed by atoms with van der Waals surface area (Å²) in [6.45, 7) is 0. The minimum atomic E-state index is -1.42. The molecule has 6 heteroatoms. The molecule has 0 bridgehead atoms. The van der Waals surface area contributed by atoms with E-state index in [9.17, 15) is 0 Å². The molecule has 0 aliphatic carbocycles. The Labute approximate surface area is 99.3 Å². The summed E-state index contributed by atoms with van der Waals surface area (Å²) in [7, 11) is -1.42. The molecule has 2 N–H and O–H groups in total. The molecular weight excluding hydrogens is 283 g/mol. The Morgan fingerprint density at radius 2 is 2.07 bits per heavy atom. The number of halogens is 1. The molecule has 2 nitrogen and oxygen atoms in total. The molecule has 0 saturated carbocycles. The Kier molecular flexibility index (Phi) is 2.90. The molecule has 2 rings (SSSR count). The first-order valence-corrected chi connectivity index (χ1v) is 5.97. The number of thiophene rings is 1. The number of rotatable bonds is 1. The van der Waals surface area contributed by atoms with Crippen molar-refractivity contribution in [1.29, 1.82) is 0 Å². The summed E-state index contributed by atoms with van der Waals surface area (Å²) in [4.78, 5) is 0.846. The third kappa shape index (κ3) is 1.72. The Morgan fingerprint density at radius 3 is 2.71 bits per heavy atom. The predicted octanol–water partition coefficient (Wildman–Crippen LogP) is 1.63. The molecule has 0 radical (unpaired) electrons. The minimum Gasteiger partial charge on any atom is -0.423 e. The second kappa shape index (κ2) is 3.86. The van der Waals surface area contributed by atoms with Crippen molar-refractivity contribution in [3.63, 3.8) is 0 Å². The number of hydrogen-bond donors (Lipinski definition) is 3. The molecule has 0 saturated heterocycles. The lowest BCUT2D eigenvalue weighted by molar-refractivity contribution is 0.426. The summed E-state index contributed by atoms with van der Waals surface area (Å²) in [6, 6.07) is 3.75. The van der Waals surface area contributed by atoms with Crippen molar-refractivity contribution in [2.45, 2.75) is 4.90 Å². The highest BCUT2D eigenvalue weighted by atomic mass is 79.9. The molecule has 2 aromatic rings. The van der Waals surface area contributed by atoms with Crippen LogP contribution in [0.3, 0.4) is 0 Å². The van der Waals surface area contributed by atoms with Gasteiger partial charge in [0.1, 0.15) is 0 Å². The molecule has 0 aliphatic rings. The van der Waals surface area contributed by atoms with E-state index >= 15 is 0 Å². The van der Waals surface area contributed by atoms with E-state index in [1.165, 1.54) is 11.3 Å². The summed E-state index contributed by atoms with van der Waals surface area (Å²) in [5.74, 6) is 0. The van der Waals surface area contributed by atoms with Crippen molar-refractivity contribution in [2.24, 2.45) is 0 Å². The largest absolute Gasteiger partial charge is 0.489 e. The van der Waals surface area contributed by atoms with Crippen LogP contribution in [0.4, 0.5) is 0 Å². The van der Waals surface area contributed by atoms with Crippen LogP contribution in [0.5, 0.6) is 0 Å². The average Bonchev–Trinajstić information content (AvgIpc) is 2.48. The molecule has 1 aromatic carbocycles. The van der Waals surface area contributed by atoms with Crippen LogP contribution in [0.2, 0.25) is 0 Å². The van der Waals surface area contributed by atoms with Crippen LogP contribution in [0.1, 0.15) is 0 Å². The van der Waals surface area contributed by atoms with Crippen LogP contribution in [-0.4, -0.2) is 17.2 Å². The van der Waals surface area contributed by atoms with Crippen molar-refractivity contribution in [2.75, 3.05) is 0 Å². The van der Waals surface area contributed by atoms with Gasteiger partial charge in [0.15, 0.2) is 0 Å². The summed E-state index contributed by atoms with van der Waals surface area (Å²) in [5.41, 5.74) is 0.541. The van der Waals surface area contributed by atoms with E-state index in [4.69, 9.17) is 10.0 Å². The van der Waals surface area contributed by atoms with Gasteiger partial charge in [0.05, 0.1) is 0 Å². The number of benzene rings is 1. The molecule has 0 unspecified atom stereocenters. The van der Waals surface area contributed by atoms with Gasteiger partial charge in [-0.3, -0.25) is 0 Å². The smallest absolute Gasteiger partial charge is 0.423 e. The van der Waals surface area contributed by atoms with E-state index in [0.717, 1.165) is 19.5 Å². The second-order valence-electron chi connectivity index (χ2n) is 2.86. The molecule has 0 spiro atoms. The molecule has 72 valence electrons. The van der Waals surface area contributed by atoms with Crippen molar-refractivity contribution in [3.05, 3.63) is 22.0 Å². The van der Waals surface area contributed by atoms with Crippen LogP contribution in [0, 0.1) is 0 Å². The maximum absolute atomic E-state index is 9.10. The van der Waals surface area contributed by atoms with Gasteiger partial charge < -0.3 is 10.0 Å². The Balaban J connectivity index is 2.74. The number of fused-ring (bicyclic) bond motifs is 1. The number of thiol groups is 1. The third-order valence-electron chi connectivity index (χ3n) is 1.95. The zero-order valence-corrected chi connectivity index (χ0v) is 10.2. The molecular formula is C8H6BBrO2S2. The van der Waals surface area contributed by atoms with E-state index in [2.05, 4.69) is 28.6 Å². The first kappa shape index (κ1) is 10.5. The molecule has 1 aromatic heterocycles. The Bertz CT molecular complexity index is 483. The number of hydrogen-bond acceptors (Lipinski definition) is 4. The van der Waals surface area contributed by atoms with Crippen LogP contribution in [-0.2, 0) is 0 Å². The van der Waals surface area contributed by atoms with Crippen molar-refractivity contribution in [1.82, 2.24) is 0 Å². The molecule has 14 heavy (non-hydrogen) atoms. The van der Waals surface area contributed by atoms with Gasteiger partial charge in [-0.15, -0.1) is 24.0 Å². The van der Waals surface area contributed by atoms with Crippen molar-refractivity contribution >= 4 is 62.6 Å². The van der Waals surface area contributed by atoms with Crippen LogP contribution in [0.15, 0.2) is 26.9 Å². The van der Waals surface area contributed by atoms with Crippen LogP contribution >= 0.6 is 39.9 Å². The van der Waals surface area contributed by atoms with Gasteiger partial charge >= 0.3 is 7.12 Å². The highest BCUT2D eigenvalue weighted by Crippen LogP contribution is 2.29. The zero-order chi connectivity index (χ0) is 10.3. The summed E-state index contributed by atoms with van der Waals surface area (Å²) in [5, 5.41) is 20.8. The topological polar surface area (TPSA) is 40.5 Å². The fraction of sp³-hybridized carbons (Fsp3) is 0. The van der Waals surface area contributed by atoms with Crippen LogP contribution < -0.4 is 5.46 Å². The molecule has 0 amide bonds. The monoisotopic (exact) mass is 288 g/mol. The van der Waals surface area contributed by atoms with Gasteiger partial charge in [-0.1, -0.05) is 0 Å². The molecule has 1 heterocycles. The van der Waals surface area contributed by atoms with Crippen molar-refractivity contribution in [3.8, 4) is 0 Å². The van der Waals surface area contributed by atoms with E-state index in [1.54, 1.807) is 5.38 Å². The lowest BCUT2D eigenvalue weighted by atomic mass is 9.80. The SMILES string of the molecule is OB(O)c1csc2cc(S)c(Br)cc12. The highest BCUT2D eigenvalue weighted by Gasteiger charge is 2.16. The fourth-order valence-electron chi connectivity index (χ4n) is 1.26. The van der Waals surface area contributed by atoms with Gasteiger partial charge in [0.25, 0.3) is 0 Å². The van der Waals surface area contributed by atoms with Crippen molar-refractivity contribution < 1.29 is 10.0 Å². The first-order valence-electron chi connectivity index (χ1n) is 3.85. The summed E-state index contributed by atoms with van der Waals surface area (Å²) < 4.78 is 1.86. The highest BCUT2D eigenvalue weighted by molar-refractivity contribution is 9.10. The normalized spacial score (nSPS) is 10.9. The van der Waals surface area contributed by atoms with E-state index in [-0.39, 0.29) is 0 Å². The summed E-state index contributed by atoms with van der Waals surface area (Å²) >= 11 is 9.09. The zero-order valence-electron chi connectivity index (χ0n) is 6.94. The first-order chi connectivity index (χ1) is 6.59. The van der Waals surface area contributed by atoms with Gasteiger partial charge in [-0.25, -0.2) is 0 Å². The fourth-order valence-corrected chi connectivity index (χ4v) is 2.87. The quantitative estimate of drug-likeness (QED) is 0.551. The van der Waals surface area contributed by atoms with E-state index < -0.39 is 7.12 Å². The van der Waals surface area contributed by atoms with E-state index in [1.807, 2.05) is 12.1 Å². The standard InChI is InChI=1S/C8H6BBrO2S2/c10-6-1-4-5(9(11)12)3-14-8(4)2-7(6)13/h1-3,11-13H. The van der Waals surface area contributed by atoms with E-state index in [0.29, 0.717) is 5.46 Å². The van der Waals surface area contributed by atoms with Gasteiger partial charge in [-0.2, -0.15) is 0 Å². The average molecular weight is 289 g/mol. The Hall–Kier alpha value is -0.00506. The Morgan fingerprint density at radius 1 is 1.36 bits per heavy atom. The third-order valence-corrected chi connectivity index (χ3v) is 4.25. The maximum Gasteiger partial charge on any atom is 0.489 e. The summed E-state index contributed by atoms with van der Waals surface area (Å²) in [6.07, 6.45) is 0. The van der Waals surface area contributed by atoms with Gasteiger partial charge in [0.2, 0.25) is 0 Å². The molecule has 0 atom stereocenters.